The number of para-hydroxylation sites is 1. The zero-order valence-corrected chi connectivity index (χ0v) is 15.2. The standard InChI is InChI=1S/C18H17N5O2S/c1-11(2)19-15(24)10-26-18-22-21-16-12-6-3-4-7-13(12)20-17(23(16)18)14-8-5-9-25-14/h3-9,11H,10H2,1-2H3,(H,19,24). The van der Waals surface area contributed by atoms with Crippen LogP contribution in [-0.4, -0.2) is 37.3 Å². The van der Waals surface area contributed by atoms with Crippen molar-refractivity contribution in [2.45, 2.75) is 25.0 Å². The molecule has 1 N–H and O–H groups in total. The van der Waals surface area contributed by atoms with E-state index in [4.69, 9.17) is 9.40 Å². The van der Waals surface area contributed by atoms with Crippen LogP contribution in [0.1, 0.15) is 13.8 Å². The molecule has 4 rings (SSSR count). The third-order valence-electron chi connectivity index (χ3n) is 3.74. The Morgan fingerprint density at radius 3 is 2.85 bits per heavy atom. The van der Waals surface area contributed by atoms with Crippen molar-refractivity contribution < 1.29 is 9.21 Å². The lowest BCUT2D eigenvalue weighted by Gasteiger charge is -2.09. The molecule has 0 spiro atoms. The number of nitrogens with one attached hydrogen (secondary N) is 1. The van der Waals surface area contributed by atoms with Crippen molar-refractivity contribution in [3.05, 3.63) is 42.7 Å². The molecule has 0 aliphatic rings. The SMILES string of the molecule is CC(C)NC(=O)CSc1nnc2c3ccccc3nc(-c3ccco3)n12. The number of amides is 1. The third-order valence-corrected chi connectivity index (χ3v) is 4.67. The molecule has 3 heterocycles. The van der Waals surface area contributed by atoms with Gasteiger partial charge in [0.1, 0.15) is 0 Å². The number of benzene rings is 1. The van der Waals surface area contributed by atoms with Gasteiger partial charge in [-0.1, -0.05) is 23.9 Å². The van der Waals surface area contributed by atoms with Gasteiger partial charge in [-0.3, -0.25) is 9.20 Å². The summed E-state index contributed by atoms with van der Waals surface area (Å²) in [6.07, 6.45) is 1.60. The van der Waals surface area contributed by atoms with Gasteiger partial charge in [-0.25, -0.2) is 4.98 Å². The molecule has 3 aromatic heterocycles. The van der Waals surface area contributed by atoms with Crippen LogP contribution >= 0.6 is 11.8 Å². The first kappa shape index (κ1) is 16.6. The van der Waals surface area contributed by atoms with E-state index in [1.807, 2.05) is 54.6 Å². The first-order chi connectivity index (χ1) is 12.6. The zero-order chi connectivity index (χ0) is 18.1. The van der Waals surface area contributed by atoms with E-state index in [2.05, 4.69) is 15.5 Å². The average molecular weight is 367 g/mol. The molecule has 0 bridgehead atoms. The Balaban J connectivity index is 1.82. The van der Waals surface area contributed by atoms with Gasteiger partial charge < -0.3 is 9.73 Å². The molecular weight excluding hydrogens is 350 g/mol. The Morgan fingerprint density at radius 1 is 1.23 bits per heavy atom. The molecule has 0 unspecified atom stereocenters. The Morgan fingerprint density at radius 2 is 2.08 bits per heavy atom. The minimum absolute atomic E-state index is 0.0463. The molecule has 132 valence electrons. The maximum Gasteiger partial charge on any atom is 0.230 e. The van der Waals surface area contributed by atoms with E-state index in [0.29, 0.717) is 22.4 Å². The maximum atomic E-state index is 12.0. The number of hydrogen-bond acceptors (Lipinski definition) is 6. The lowest BCUT2D eigenvalue weighted by Crippen LogP contribution is -2.31. The Labute approximate surface area is 153 Å². The van der Waals surface area contributed by atoms with Crippen molar-refractivity contribution in [3.8, 4) is 11.6 Å². The lowest BCUT2D eigenvalue weighted by molar-refractivity contribution is -0.119. The van der Waals surface area contributed by atoms with E-state index in [0.717, 1.165) is 10.9 Å². The number of carbonyl (C=O) groups is 1. The molecule has 0 atom stereocenters. The van der Waals surface area contributed by atoms with E-state index >= 15 is 0 Å². The third kappa shape index (κ3) is 3.03. The second-order valence-electron chi connectivity index (χ2n) is 6.08. The zero-order valence-electron chi connectivity index (χ0n) is 14.3. The van der Waals surface area contributed by atoms with Crippen LogP contribution in [0.4, 0.5) is 0 Å². The molecule has 7 nitrogen and oxygen atoms in total. The minimum Gasteiger partial charge on any atom is -0.461 e. The lowest BCUT2D eigenvalue weighted by atomic mass is 10.2. The van der Waals surface area contributed by atoms with E-state index in [9.17, 15) is 4.79 Å². The normalized spacial score (nSPS) is 11.5. The number of thioether (sulfide) groups is 1. The predicted molar refractivity (Wildman–Crippen MR) is 100.0 cm³/mol. The summed E-state index contributed by atoms with van der Waals surface area (Å²) in [7, 11) is 0. The van der Waals surface area contributed by atoms with Crippen molar-refractivity contribution in [2.75, 3.05) is 5.75 Å². The fourth-order valence-corrected chi connectivity index (χ4v) is 3.46. The average Bonchev–Trinajstić information content (AvgIpc) is 3.29. The first-order valence-electron chi connectivity index (χ1n) is 8.23. The number of nitrogens with zero attached hydrogens (tertiary/aromatic N) is 4. The topological polar surface area (TPSA) is 85.3 Å². The summed E-state index contributed by atoms with van der Waals surface area (Å²) in [5.41, 5.74) is 1.50. The molecule has 1 amide bonds. The highest BCUT2D eigenvalue weighted by Gasteiger charge is 2.18. The Bertz CT molecular complexity index is 1070. The second kappa shape index (κ2) is 6.80. The molecule has 1 aromatic carbocycles. The first-order valence-corrected chi connectivity index (χ1v) is 9.22. The number of carbonyl (C=O) groups excluding carboxylic acids is 1. The van der Waals surface area contributed by atoms with Gasteiger partial charge in [-0.2, -0.15) is 0 Å². The molecule has 0 fully saturated rings. The van der Waals surface area contributed by atoms with Gasteiger partial charge in [0, 0.05) is 11.4 Å². The summed E-state index contributed by atoms with van der Waals surface area (Å²) in [4.78, 5) is 16.7. The summed E-state index contributed by atoms with van der Waals surface area (Å²) in [6.45, 7) is 3.86. The van der Waals surface area contributed by atoms with E-state index < -0.39 is 0 Å². The monoisotopic (exact) mass is 367 g/mol. The van der Waals surface area contributed by atoms with E-state index in [1.54, 1.807) is 6.26 Å². The van der Waals surface area contributed by atoms with Gasteiger partial charge in [0.15, 0.2) is 22.4 Å². The fourth-order valence-electron chi connectivity index (χ4n) is 2.72. The van der Waals surface area contributed by atoms with Crippen LogP contribution in [0.3, 0.4) is 0 Å². The number of aromatic nitrogens is 4. The molecule has 0 saturated heterocycles. The highest BCUT2D eigenvalue weighted by atomic mass is 32.2. The van der Waals surface area contributed by atoms with Gasteiger partial charge in [0.2, 0.25) is 5.91 Å². The van der Waals surface area contributed by atoms with Crippen LogP contribution in [0.2, 0.25) is 0 Å². The summed E-state index contributed by atoms with van der Waals surface area (Å²) < 4.78 is 7.39. The van der Waals surface area contributed by atoms with Crippen LogP contribution < -0.4 is 5.32 Å². The summed E-state index contributed by atoms with van der Waals surface area (Å²) in [5, 5.41) is 13.0. The van der Waals surface area contributed by atoms with Crippen molar-refractivity contribution in [3.63, 3.8) is 0 Å². The summed E-state index contributed by atoms with van der Waals surface area (Å²) in [5.74, 6) is 1.44. The molecule has 0 saturated carbocycles. The van der Waals surface area contributed by atoms with Gasteiger partial charge >= 0.3 is 0 Å². The molecule has 0 radical (unpaired) electrons. The summed E-state index contributed by atoms with van der Waals surface area (Å²) in [6, 6.07) is 11.5. The van der Waals surface area contributed by atoms with Crippen molar-refractivity contribution in [1.29, 1.82) is 0 Å². The smallest absolute Gasteiger partial charge is 0.230 e. The molecule has 8 heteroatoms. The Kier molecular flexibility index (Phi) is 4.34. The minimum atomic E-state index is -0.0463. The molecular formula is C18H17N5O2S. The fraction of sp³-hybridized carbons (Fsp3) is 0.222. The molecule has 26 heavy (non-hydrogen) atoms. The summed E-state index contributed by atoms with van der Waals surface area (Å²) >= 11 is 1.32. The predicted octanol–water partition coefficient (Wildman–Crippen LogP) is 3.15. The van der Waals surface area contributed by atoms with E-state index in [-0.39, 0.29) is 17.7 Å². The number of hydrogen-bond donors (Lipinski definition) is 1. The molecule has 4 aromatic rings. The van der Waals surface area contributed by atoms with Gasteiger partial charge in [0.05, 0.1) is 17.5 Å². The van der Waals surface area contributed by atoms with Crippen LogP contribution in [0, 0.1) is 0 Å². The largest absolute Gasteiger partial charge is 0.461 e. The number of rotatable bonds is 5. The Hall–Kier alpha value is -2.87. The number of furan rings is 1. The van der Waals surface area contributed by atoms with Crippen molar-refractivity contribution >= 4 is 34.2 Å². The van der Waals surface area contributed by atoms with Gasteiger partial charge in [-0.05, 0) is 38.1 Å². The van der Waals surface area contributed by atoms with Crippen LogP contribution in [0.25, 0.3) is 28.1 Å². The quantitative estimate of drug-likeness (QED) is 0.546. The van der Waals surface area contributed by atoms with Crippen LogP contribution in [-0.2, 0) is 4.79 Å². The van der Waals surface area contributed by atoms with Crippen LogP contribution in [0.15, 0.2) is 52.2 Å². The van der Waals surface area contributed by atoms with Crippen molar-refractivity contribution in [1.82, 2.24) is 24.9 Å². The van der Waals surface area contributed by atoms with Crippen LogP contribution in [0.5, 0.6) is 0 Å². The number of fused-ring (bicyclic) bond motifs is 3. The second-order valence-corrected chi connectivity index (χ2v) is 7.02. The molecule has 0 aliphatic heterocycles. The maximum absolute atomic E-state index is 12.0. The van der Waals surface area contributed by atoms with Crippen molar-refractivity contribution in [2.24, 2.45) is 0 Å². The van der Waals surface area contributed by atoms with E-state index in [1.165, 1.54) is 11.8 Å². The van der Waals surface area contributed by atoms with Gasteiger partial charge in [0.25, 0.3) is 0 Å². The highest BCUT2D eigenvalue weighted by molar-refractivity contribution is 7.99. The highest BCUT2D eigenvalue weighted by Crippen LogP contribution is 2.29. The molecule has 0 aliphatic carbocycles. The van der Waals surface area contributed by atoms with Gasteiger partial charge in [-0.15, -0.1) is 10.2 Å².